The van der Waals surface area contributed by atoms with Crippen LogP contribution < -0.4 is 5.32 Å². The Balaban J connectivity index is 1.23. The van der Waals surface area contributed by atoms with Crippen LogP contribution in [-0.4, -0.2) is 67.5 Å². The van der Waals surface area contributed by atoms with E-state index in [1.165, 1.54) is 36.5 Å². The monoisotopic (exact) mass is 452 g/mol. The minimum absolute atomic E-state index is 0.0867. The summed E-state index contributed by atoms with van der Waals surface area (Å²) in [5, 5.41) is 7.01. The molecule has 31 heavy (non-hydrogen) atoms. The quantitative estimate of drug-likeness (QED) is 0.712. The average molecular weight is 453 g/mol. The van der Waals surface area contributed by atoms with Crippen molar-refractivity contribution < 1.29 is 17.7 Å². The SMILES string of the molecule is Cc1noc(C)c1S(=O)(=O)N1CCC(C(=O)NC2CCN(CC3CCCC3)CC2)CC1. The van der Waals surface area contributed by atoms with E-state index < -0.39 is 10.0 Å². The fourth-order valence-corrected chi connectivity index (χ4v) is 7.23. The molecular formula is C22H36N4O4S. The Kier molecular flexibility index (Phi) is 7.03. The van der Waals surface area contributed by atoms with E-state index in [4.69, 9.17) is 4.52 Å². The number of carbonyl (C=O) groups excluding carboxylic acids is 1. The van der Waals surface area contributed by atoms with Gasteiger partial charge < -0.3 is 14.7 Å². The highest BCUT2D eigenvalue weighted by molar-refractivity contribution is 7.89. The van der Waals surface area contributed by atoms with Crippen LogP contribution in [0.4, 0.5) is 0 Å². The van der Waals surface area contributed by atoms with Gasteiger partial charge in [-0.05, 0) is 58.3 Å². The number of carbonyl (C=O) groups is 1. The number of piperidine rings is 2. The standard InChI is InChI=1S/C22H36N4O4S/c1-16-21(17(2)30-24-16)31(28,29)26-13-7-19(8-14-26)22(27)23-20-9-11-25(12-10-20)15-18-5-3-4-6-18/h18-20H,3-15H2,1-2H3,(H,23,27). The van der Waals surface area contributed by atoms with Crippen molar-refractivity contribution in [3.8, 4) is 0 Å². The van der Waals surface area contributed by atoms with Gasteiger partial charge in [0.05, 0.1) is 0 Å². The molecule has 0 radical (unpaired) electrons. The van der Waals surface area contributed by atoms with Crippen LogP contribution >= 0.6 is 0 Å². The summed E-state index contributed by atoms with van der Waals surface area (Å²) in [6.07, 6.45) is 8.65. The molecule has 8 nitrogen and oxygen atoms in total. The van der Waals surface area contributed by atoms with Crippen molar-refractivity contribution >= 4 is 15.9 Å². The third kappa shape index (κ3) is 5.14. The molecule has 1 saturated carbocycles. The first-order valence-electron chi connectivity index (χ1n) is 11.8. The van der Waals surface area contributed by atoms with E-state index in [-0.39, 0.29) is 22.8 Å². The highest BCUT2D eigenvalue weighted by atomic mass is 32.2. The molecule has 9 heteroatoms. The van der Waals surface area contributed by atoms with E-state index in [1.54, 1.807) is 13.8 Å². The predicted octanol–water partition coefficient (Wildman–Crippen LogP) is 2.46. The molecule has 1 aromatic rings. The molecule has 4 rings (SSSR count). The molecule has 2 aliphatic heterocycles. The summed E-state index contributed by atoms with van der Waals surface area (Å²) in [5.74, 6) is 1.16. The molecule has 1 N–H and O–H groups in total. The molecule has 3 fully saturated rings. The number of hydrogen-bond donors (Lipinski definition) is 1. The second-order valence-corrected chi connectivity index (χ2v) is 11.4. The number of amides is 1. The molecule has 174 valence electrons. The summed E-state index contributed by atoms with van der Waals surface area (Å²) in [5.41, 5.74) is 0.386. The largest absolute Gasteiger partial charge is 0.360 e. The minimum atomic E-state index is -3.63. The molecule has 0 atom stereocenters. The van der Waals surface area contributed by atoms with E-state index in [0.29, 0.717) is 37.4 Å². The topological polar surface area (TPSA) is 95.8 Å². The van der Waals surface area contributed by atoms with Crippen LogP contribution in [0.5, 0.6) is 0 Å². The lowest BCUT2D eigenvalue weighted by Gasteiger charge is -2.35. The Hall–Kier alpha value is -1.45. The number of aromatic nitrogens is 1. The first-order valence-corrected chi connectivity index (χ1v) is 13.2. The minimum Gasteiger partial charge on any atom is -0.360 e. The van der Waals surface area contributed by atoms with Crippen LogP contribution in [0.2, 0.25) is 0 Å². The Bertz CT molecular complexity index is 843. The van der Waals surface area contributed by atoms with Gasteiger partial charge in [0, 0.05) is 44.7 Å². The van der Waals surface area contributed by atoms with Crippen molar-refractivity contribution in [1.29, 1.82) is 0 Å². The van der Waals surface area contributed by atoms with Gasteiger partial charge in [-0.2, -0.15) is 4.31 Å². The number of likely N-dealkylation sites (tertiary alicyclic amines) is 1. The first-order chi connectivity index (χ1) is 14.8. The lowest BCUT2D eigenvalue weighted by Crippen LogP contribution is -2.49. The van der Waals surface area contributed by atoms with Crippen molar-refractivity contribution in [3.63, 3.8) is 0 Å². The summed E-state index contributed by atoms with van der Waals surface area (Å²) in [6.45, 7) is 7.31. The van der Waals surface area contributed by atoms with E-state index in [9.17, 15) is 13.2 Å². The second kappa shape index (κ2) is 9.58. The van der Waals surface area contributed by atoms with E-state index in [1.807, 2.05) is 0 Å². The lowest BCUT2D eigenvalue weighted by atomic mass is 9.95. The highest BCUT2D eigenvalue weighted by Crippen LogP contribution is 2.29. The summed E-state index contributed by atoms with van der Waals surface area (Å²) < 4.78 is 32.4. The Morgan fingerprint density at radius 2 is 1.68 bits per heavy atom. The third-order valence-corrected chi connectivity index (χ3v) is 9.46. The summed E-state index contributed by atoms with van der Waals surface area (Å²) in [7, 11) is -3.63. The van der Waals surface area contributed by atoms with Crippen molar-refractivity contribution in [2.75, 3.05) is 32.7 Å². The Morgan fingerprint density at radius 3 is 2.26 bits per heavy atom. The Morgan fingerprint density at radius 1 is 1.03 bits per heavy atom. The molecule has 1 amide bonds. The first kappa shape index (κ1) is 22.7. The average Bonchev–Trinajstić information content (AvgIpc) is 3.39. The third-order valence-electron chi connectivity index (χ3n) is 7.32. The van der Waals surface area contributed by atoms with Gasteiger partial charge in [0.15, 0.2) is 5.76 Å². The lowest BCUT2D eigenvalue weighted by molar-refractivity contribution is -0.127. The molecule has 0 spiro atoms. The van der Waals surface area contributed by atoms with Crippen molar-refractivity contribution in [2.45, 2.75) is 76.2 Å². The summed E-state index contributed by atoms with van der Waals surface area (Å²) in [6, 6.07) is 0.247. The number of nitrogens with one attached hydrogen (secondary N) is 1. The van der Waals surface area contributed by atoms with Crippen molar-refractivity contribution in [1.82, 2.24) is 19.7 Å². The van der Waals surface area contributed by atoms with Crippen LogP contribution in [0, 0.1) is 25.7 Å². The molecule has 3 heterocycles. The number of rotatable bonds is 6. The zero-order chi connectivity index (χ0) is 22.0. The van der Waals surface area contributed by atoms with Gasteiger partial charge in [-0.1, -0.05) is 18.0 Å². The van der Waals surface area contributed by atoms with Gasteiger partial charge in [-0.15, -0.1) is 0 Å². The van der Waals surface area contributed by atoms with Crippen LogP contribution in [0.25, 0.3) is 0 Å². The van der Waals surface area contributed by atoms with Gasteiger partial charge >= 0.3 is 0 Å². The molecule has 1 aromatic heterocycles. The summed E-state index contributed by atoms with van der Waals surface area (Å²) >= 11 is 0. The number of aryl methyl sites for hydroxylation is 2. The number of nitrogens with zero attached hydrogens (tertiary/aromatic N) is 3. The molecular weight excluding hydrogens is 416 g/mol. The van der Waals surface area contributed by atoms with Crippen LogP contribution in [0.3, 0.4) is 0 Å². The molecule has 3 aliphatic rings. The van der Waals surface area contributed by atoms with Gasteiger partial charge in [-0.25, -0.2) is 8.42 Å². The molecule has 1 aliphatic carbocycles. The zero-order valence-electron chi connectivity index (χ0n) is 18.8. The van der Waals surface area contributed by atoms with Gasteiger partial charge in [0.1, 0.15) is 10.6 Å². The van der Waals surface area contributed by atoms with E-state index in [0.717, 1.165) is 31.8 Å². The van der Waals surface area contributed by atoms with Gasteiger partial charge in [0.2, 0.25) is 15.9 Å². The molecule has 2 saturated heterocycles. The van der Waals surface area contributed by atoms with Crippen LogP contribution in [-0.2, 0) is 14.8 Å². The van der Waals surface area contributed by atoms with Gasteiger partial charge in [0.25, 0.3) is 0 Å². The highest BCUT2D eigenvalue weighted by Gasteiger charge is 2.36. The van der Waals surface area contributed by atoms with E-state index >= 15 is 0 Å². The van der Waals surface area contributed by atoms with E-state index in [2.05, 4.69) is 15.4 Å². The van der Waals surface area contributed by atoms with Crippen molar-refractivity contribution in [2.24, 2.45) is 11.8 Å². The molecule has 0 aromatic carbocycles. The Labute approximate surface area is 185 Å². The number of hydrogen-bond acceptors (Lipinski definition) is 6. The predicted molar refractivity (Wildman–Crippen MR) is 117 cm³/mol. The van der Waals surface area contributed by atoms with Crippen molar-refractivity contribution in [3.05, 3.63) is 11.5 Å². The maximum atomic E-state index is 13.0. The fraction of sp³-hybridized carbons (Fsp3) is 0.818. The van der Waals surface area contributed by atoms with Crippen LogP contribution in [0.15, 0.2) is 9.42 Å². The normalized spacial score (nSPS) is 23.4. The smallest absolute Gasteiger partial charge is 0.248 e. The fourth-order valence-electron chi connectivity index (χ4n) is 5.47. The maximum Gasteiger partial charge on any atom is 0.248 e. The molecule has 0 bridgehead atoms. The summed E-state index contributed by atoms with van der Waals surface area (Å²) in [4.78, 5) is 15.5. The zero-order valence-corrected chi connectivity index (χ0v) is 19.6. The number of sulfonamides is 1. The van der Waals surface area contributed by atoms with Crippen LogP contribution in [0.1, 0.15) is 62.8 Å². The van der Waals surface area contributed by atoms with Gasteiger partial charge in [-0.3, -0.25) is 4.79 Å². The molecule has 0 unspecified atom stereocenters. The second-order valence-electron chi connectivity index (χ2n) is 9.57. The maximum absolute atomic E-state index is 13.0.